The predicted molar refractivity (Wildman–Crippen MR) is 92.7 cm³/mol. The molecule has 1 aliphatic heterocycles. The second-order valence-electron chi connectivity index (χ2n) is 6.22. The van der Waals surface area contributed by atoms with E-state index in [1.54, 1.807) is 7.05 Å². The van der Waals surface area contributed by atoms with Gasteiger partial charge in [0.05, 0.1) is 12.2 Å². The van der Waals surface area contributed by atoms with Gasteiger partial charge in [-0.1, -0.05) is 12.8 Å². The molecule has 1 rings (SSSR count). The smallest absolute Gasteiger partial charge is 0.305 e. The van der Waals surface area contributed by atoms with Crippen LogP contribution in [0.15, 0.2) is 4.99 Å². The van der Waals surface area contributed by atoms with E-state index in [-0.39, 0.29) is 11.6 Å². The fourth-order valence-corrected chi connectivity index (χ4v) is 2.66. The number of ether oxygens (including phenoxy) is 2. The maximum Gasteiger partial charge on any atom is 0.305 e. The van der Waals surface area contributed by atoms with Gasteiger partial charge in [0.15, 0.2) is 5.96 Å². The normalized spacial score (nSPS) is 21.3. The van der Waals surface area contributed by atoms with Gasteiger partial charge in [0.25, 0.3) is 0 Å². The van der Waals surface area contributed by atoms with E-state index >= 15 is 0 Å². The number of esters is 1. The lowest BCUT2D eigenvalue weighted by Crippen LogP contribution is -2.45. The predicted octanol–water partition coefficient (Wildman–Crippen LogP) is 2.23. The zero-order valence-electron chi connectivity index (χ0n) is 15.0. The Morgan fingerprint density at radius 2 is 2.04 bits per heavy atom. The summed E-state index contributed by atoms with van der Waals surface area (Å²) < 4.78 is 10.7. The van der Waals surface area contributed by atoms with Crippen molar-refractivity contribution in [1.29, 1.82) is 0 Å². The van der Waals surface area contributed by atoms with Crippen molar-refractivity contribution in [3.8, 4) is 0 Å². The van der Waals surface area contributed by atoms with Crippen LogP contribution in [0.1, 0.15) is 58.8 Å². The summed E-state index contributed by atoms with van der Waals surface area (Å²) >= 11 is 0. The molecule has 1 saturated heterocycles. The van der Waals surface area contributed by atoms with Crippen molar-refractivity contribution in [3.05, 3.63) is 0 Å². The largest absolute Gasteiger partial charge is 0.466 e. The topological polar surface area (TPSA) is 72.0 Å². The van der Waals surface area contributed by atoms with Crippen molar-refractivity contribution in [2.45, 2.75) is 64.4 Å². The number of hydrogen-bond donors (Lipinski definition) is 2. The number of nitrogens with zero attached hydrogens (tertiary/aromatic N) is 1. The van der Waals surface area contributed by atoms with Gasteiger partial charge in [-0.15, -0.1) is 0 Å². The lowest BCUT2D eigenvalue weighted by Gasteiger charge is -2.24. The molecule has 1 unspecified atom stereocenters. The molecule has 1 fully saturated rings. The number of rotatable bonds is 10. The van der Waals surface area contributed by atoms with Gasteiger partial charge in [-0.25, -0.2) is 0 Å². The summed E-state index contributed by atoms with van der Waals surface area (Å²) in [6.45, 7) is 6.98. The van der Waals surface area contributed by atoms with Crippen LogP contribution < -0.4 is 10.6 Å². The van der Waals surface area contributed by atoms with Crippen molar-refractivity contribution in [2.24, 2.45) is 4.99 Å². The van der Waals surface area contributed by atoms with E-state index < -0.39 is 0 Å². The highest BCUT2D eigenvalue weighted by atomic mass is 16.5. The van der Waals surface area contributed by atoms with E-state index in [1.165, 1.54) is 0 Å². The Balaban J connectivity index is 2.01. The van der Waals surface area contributed by atoms with Crippen LogP contribution in [0.2, 0.25) is 0 Å². The zero-order valence-corrected chi connectivity index (χ0v) is 15.0. The van der Waals surface area contributed by atoms with Crippen molar-refractivity contribution in [3.63, 3.8) is 0 Å². The number of carbonyl (C=O) groups excluding carboxylic acids is 1. The van der Waals surface area contributed by atoms with Crippen LogP contribution in [0.5, 0.6) is 0 Å². The zero-order chi connectivity index (χ0) is 17.0. The van der Waals surface area contributed by atoms with Crippen LogP contribution in [0.25, 0.3) is 0 Å². The summed E-state index contributed by atoms with van der Waals surface area (Å²) in [7, 11) is 1.78. The molecule has 0 spiro atoms. The van der Waals surface area contributed by atoms with Gasteiger partial charge < -0.3 is 20.1 Å². The SMILES string of the molecule is CCOC(=O)CCCCCCNC(=NC)NCC1(C)CCCO1. The van der Waals surface area contributed by atoms with Crippen LogP contribution in [-0.4, -0.2) is 50.9 Å². The molecule has 6 nitrogen and oxygen atoms in total. The average molecular weight is 327 g/mol. The van der Waals surface area contributed by atoms with Crippen LogP contribution in [0, 0.1) is 0 Å². The molecule has 134 valence electrons. The van der Waals surface area contributed by atoms with Gasteiger partial charge in [-0.05, 0) is 39.5 Å². The fourth-order valence-electron chi connectivity index (χ4n) is 2.66. The van der Waals surface area contributed by atoms with E-state index in [4.69, 9.17) is 9.47 Å². The summed E-state index contributed by atoms with van der Waals surface area (Å²) in [4.78, 5) is 15.4. The lowest BCUT2D eigenvalue weighted by molar-refractivity contribution is -0.143. The van der Waals surface area contributed by atoms with Crippen LogP contribution >= 0.6 is 0 Å². The van der Waals surface area contributed by atoms with Crippen LogP contribution in [0.4, 0.5) is 0 Å². The third kappa shape index (κ3) is 8.79. The van der Waals surface area contributed by atoms with Crippen LogP contribution in [0.3, 0.4) is 0 Å². The Morgan fingerprint density at radius 1 is 1.26 bits per heavy atom. The Hall–Kier alpha value is -1.30. The minimum absolute atomic E-state index is 0.0648. The third-order valence-electron chi connectivity index (χ3n) is 4.06. The lowest BCUT2D eigenvalue weighted by atomic mass is 10.0. The van der Waals surface area contributed by atoms with Gasteiger partial charge in [0, 0.05) is 33.2 Å². The van der Waals surface area contributed by atoms with E-state index in [0.29, 0.717) is 13.0 Å². The molecule has 0 saturated carbocycles. The number of hydrogen-bond acceptors (Lipinski definition) is 4. The Bertz CT molecular complexity index is 366. The second kappa shape index (κ2) is 11.3. The number of aliphatic imine (C=N–C) groups is 1. The van der Waals surface area contributed by atoms with Crippen molar-refractivity contribution >= 4 is 11.9 Å². The molecule has 0 aromatic rings. The van der Waals surface area contributed by atoms with Gasteiger partial charge in [0.2, 0.25) is 0 Å². The van der Waals surface area contributed by atoms with Gasteiger partial charge in [-0.3, -0.25) is 9.79 Å². The summed E-state index contributed by atoms with van der Waals surface area (Å²) in [5.74, 6) is 0.742. The highest BCUT2D eigenvalue weighted by Crippen LogP contribution is 2.23. The highest BCUT2D eigenvalue weighted by molar-refractivity contribution is 5.79. The molecule has 0 aromatic carbocycles. The highest BCUT2D eigenvalue weighted by Gasteiger charge is 2.29. The van der Waals surface area contributed by atoms with Gasteiger partial charge in [-0.2, -0.15) is 0 Å². The minimum atomic E-state index is -0.0853. The number of unbranched alkanes of at least 4 members (excludes halogenated alkanes) is 3. The van der Waals surface area contributed by atoms with Crippen LogP contribution in [-0.2, 0) is 14.3 Å². The molecule has 0 aliphatic carbocycles. The third-order valence-corrected chi connectivity index (χ3v) is 4.06. The first-order valence-corrected chi connectivity index (χ1v) is 8.84. The quantitative estimate of drug-likeness (QED) is 0.279. The minimum Gasteiger partial charge on any atom is -0.466 e. The maximum absolute atomic E-state index is 11.2. The molecule has 23 heavy (non-hydrogen) atoms. The molecule has 6 heteroatoms. The molecular weight excluding hydrogens is 294 g/mol. The molecule has 2 N–H and O–H groups in total. The van der Waals surface area contributed by atoms with Crippen molar-refractivity contribution < 1.29 is 14.3 Å². The molecule has 1 atom stereocenters. The van der Waals surface area contributed by atoms with E-state index in [1.807, 2.05) is 6.92 Å². The Labute approximate surface area is 140 Å². The fraction of sp³-hybridized carbons (Fsp3) is 0.882. The first-order chi connectivity index (χ1) is 11.1. The van der Waals surface area contributed by atoms with E-state index in [0.717, 1.165) is 64.2 Å². The standard InChI is InChI=1S/C17H33N3O3/c1-4-22-15(21)10-7-5-6-8-12-19-16(18-3)20-14-17(2)11-9-13-23-17/h4-14H2,1-3H3,(H2,18,19,20). The first-order valence-electron chi connectivity index (χ1n) is 8.84. The van der Waals surface area contributed by atoms with E-state index in [9.17, 15) is 4.79 Å². The summed E-state index contributed by atoms with van der Waals surface area (Å²) in [5, 5.41) is 6.66. The molecular formula is C17H33N3O3. The number of carbonyl (C=O) groups is 1. The average Bonchev–Trinajstić information content (AvgIpc) is 2.96. The van der Waals surface area contributed by atoms with Gasteiger partial charge in [0.1, 0.15) is 0 Å². The van der Waals surface area contributed by atoms with Crippen molar-refractivity contribution in [2.75, 3.05) is 33.4 Å². The second-order valence-corrected chi connectivity index (χ2v) is 6.22. The van der Waals surface area contributed by atoms with Gasteiger partial charge >= 0.3 is 5.97 Å². The molecule has 1 aliphatic rings. The maximum atomic E-state index is 11.2. The molecule has 1 heterocycles. The van der Waals surface area contributed by atoms with Crippen molar-refractivity contribution in [1.82, 2.24) is 10.6 Å². The summed E-state index contributed by atoms with van der Waals surface area (Å²) in [6, 6.07) is 0. The Morgan fingerprint density at radius 3 is 2.70 bits per heavy atom. The molecule has 0 radical (unpaired) electrons. The monoisotopic (exact) mass is 327 g/mol. The number of nitrogens with one attached hydrogen (secondary N) is 2. The molecule has 0 bridgehead atoms. The van der Waals surface area contributed by atoms with E-state index in [2.05, 4.69) is 22.5 Å². The first kappa shape index (κ1) is 19.7. The Kier molecular flexibility index (Phi) is 9.67. The number of guanidine groups is 1. The molecule has 0 aromatic heterocycles. The summed E-state index contributed by atoms with van der Waals surface area (Å²) in [6.07, 6.45) is 6.89. The summed E-state index contributed by atoms with van der Waals surface area (Å²) in [5.41, 5.74) is -0.0648. The molecule has 0 amide bonds.